The van der Waals surface area contributed by atoms with E-state index in [9.17, 15) is 26.3 Å². The van der Waals surface area contributed by atoms with Crippen molar-refractivity contribution in [2.24, 2.45) is 0 Å². The molecule has 0 aliphatic carbocycles. The van der Waals surface area contributed by atoms with E-state index >= 15 is 0 Å². The molecule has 0 amide bonds. The van der Waals surface area contributed by atoms with E-state index in [4.69, 9.17) is 0 Å². The molecule has 2 aromatic rings. The van der Waals surface area contributed by atoms with Crippen LogP contribution >= 0.6 is 25.3 Å². The normalized spacial score (nSPS) is 11.6. The molecule has 0 aliphatic rings. The van der Waals surface area contributed by atoms with Gasteiger partial charge in [-0.15, -0.1) is 25.3 Å². The number of rotatable bonds is 0. The summed E-state index contributed by atoms with van der Waals surface area (Å²) >= 11 is 7.34. The summed E-state index contributed by atoms with van der Waals surface area (Å²) < 4.78 is 72.0. The van der Waals surface area contributed by atoms with E-state index in [0.717, 1.165) is 12.1 Å². The molecule has 0 bridgehead atoms. The molecule has 0 nitrogen and oxygen atoms in total. The minimum atomic E-state index is -4.29. The molecule has 0 unspecified atom stereocenters. The quantitative estimate of drug-likeness (QED) is 0.420. The summed E-state index contributed by atoms with van der Waals surface area (Å²) in [5.74, 6) is 0. The van der Waals surface area contributed by atoms with Gasteiger partial charge in [-0.1, -0.05) is 24.3 Å². The Morgan fingerprint density at radius 3 is 1.00 bits per heavy atom. The third-order valence-corrected chi connectivity index (χ3v) is 3.20. The van der Waals surface area contributed by atoms with E-state index in [0.29, 0.717) is 0 Å². The van der Waals surface area contributed by atoms with Crippen LogP contribution in [0.3, 0.4) is 0 Å². The second kappa shape index (κ2) is 7.32. The minimum Gasteiger partial charge on any atom is -0.166 e. The zero-order valence-corrected chi connectivity index (χ0v) is 12.6. The summed E-state index contributed by atoms with van der Waals surface area (Å²) in [4.78, 5) is -0.0833. The summed E-state index contributed by atoms with van der Waals surface area (Å²) in [5.41, 5.74) is -1.38. The van der Waals surface area contributed by atoms with Crippen molar-refractivity contribution < 1.29 is 26.3 Å². The number of benzene rings is 2. The summed E-state index contributed by atoms with van der Waals surface area (Å²) in [7, 11) is 0. The van der Waals surface area contributed by atoms with Crippen molar-refractivity contribution in [3.8, 4) is 0 Å². The number of alkyl halides is 6. The van der Waals surface area contributed by atoms with Gasteiger partial charge >= 0.3 is 12.4 Å². The molecule has 0 radical (unpaired) electrons. The Morgan fingerprint density at radius 1 is 0.545 bits per heavy atom. The van der Waals surface area contributed by atoms with Crippen molar-refractivity contribution in [3.63, 3.8) is 0 Å². The van der Waals surface area contributed by atoms with Crippen LogP contribution < -0.4 is 0 Å². The first-order chi connectivity index (χ1) is 10.0. The highest BCUT2D eigenvalue weighted by Crippen LogP contribution is 2.33. The summed E-state index contributed by atoms with van der Waals surface area (Å²) in [6.07, 6.45) is -8.59. The molecule has 0 atom stereocenters. The maximum Gasteiger partial charge on any atom is 0.417 e. The summed E-state index contributed by atoms with van der Waals surface area (Å²) in [6, 6.07) is 10.3. The number of hydrogen-bond donors (Lipinski definition) is 2. The van der Waals surface area contributed by atoms with Crippen LogP contribution in [0.2, 0.25) is 0 Å². The molecular weight excluding hydrogens is 346 g/mol. The monoisotopic (exact) mass is 356 g/mol. The Balaban J connectivity index is 0.000000220. The van der Waals surface area contributed by atoms with Gasteiger partial charge in [-0.3, -0.25) is 0 Å². The van der Waals surface area contributed by atoms with Gasteiger partial charge in [0.1, 0.15) is 0 Å². The van der Waals surface area contributed by atoms with Crippen molar-refractivity contribution in [2.45, 2.75) is 22.1 Å². The molecule has 0 N–H and O–H groups in total. The predicted octanol–water partition coefficient (Wildman–Crippen LogP) is 5.99. The SMILES string of the molecule is FC(F)(F)c1ccccc1S.FC(F)(F)c1ccccc1S. The standard InChI is InChI=1S/2C7H5F3S/c2*8-7(9,10)5-3-1-2-4-6(5)11/h2*1-4,11H. The van der Waals surface area contributed by atoms with Gasteiger partial charge in [0, 0.05) is 9.79 Å². The zero-order chi connectivity index (χ0) is 17.0. The molecule has 8 heteroatoms. The van der Waals surface area contributed by atoms with Gasteiger partial charge in [-0.05, 0) is 24.3 Å². The Morgan fingerprint density at radius 2 is 0.818 bits per heavy atom. The fraction of sp³-hybridized carbons (Fsp3) is 0.143. The first-order valence-corrected chi connectivity index (χ1v) is 6.63. The van der Waals surface area contributed by atoms with E-state index in [2.05, 4.69) is 25.3 Å². The summed E-state index contributed by atoms with van der Waals surface area (Å²) in [5, 5.41) is 0. The van der Waals surface area contributed by atoms with Crippen LogP contribution in [0, 0.1) is 0 Å². The molecule has 0 saturated carbocycles. The average molecular weight is 356 g/mol. The Labute approximate surface area is 134 Å². The molecule has 0 aromatic heterocycles. The van der Waals surface area contributed by atoms with Crippen molar-refractivity contribution in [3.05, 3.63) is 59.7 Å². The molecule has 120 valence electrons. The van der Waals surface area contributed by atoms with Gasteiger partial charge in [-0.25, -0.2) is 0 Å². The van der Waals surface area contributed by atoms with E-state index in [1.807, 2.05) is 0 Å². The van der Waals surface area contributed by atoms with Crippen LogP contribution in [-0.4, -0.2) is 0 Å². The van der Waals surface area contributed by atoms with Gasteiger partial charge in [0.25, 0.3) is 0 Å². The van der Waals surface area contributed by atoms with Gasteiger partial charge in [0.05, 0.1) is 11.1 Å². The van der Waals surface area contributed by atoms with Gasteiger partial charge in [0.15, 0.2) is 0 Å². The second-order valence-corrected chi connectivity index (χ2v) is 4.99. The van der Waals surface area contributed by atoms with Crippen LogP contribution in [0.4, 0.5) is 26.3 Å². The minimum absolute atomic E-state index is 0.0417. The Hall–Kier alpha value is -1.28. The maximum absolute atomic E-state index is 12.0. The van der Waals surface area contributed by atoms with Crippen LogP contribution in [0.15, 0.2) is 58.3 Å². The lowest BCUT2D eigenvalue weighted by Gasteiger charge is -2.07. The molecular formula is C14H10F6S2. The fourth-order valence-corrected chi connectivity index (χ4v) is 2.00. The molecule has 0 fully saturated rings. The van der Waals surface area contributed by atoms with Crippen LogP contribution in [0.1, 0.15) is 11.1 Å². The average Bonchev–Trinajstić information content (AvgIpc) is 2.37. The highest BCUT2D eigenvalue weighted by atomic mass is 32.1. The van der Waals surface area contributed by atoms with Crippen molar-refractivity contribution >= 4 is 25.3 Å². The summed E-state index contributed by atoms with van der Waals surface area (Å²) in [6.45, 7) is 0. The van der Waals surface area contributed by atoms with Crippen molar-refractivity contribution in [1.82, 2.24) is 0 Å². The molecule has 0 spiro atoms. The van der Waals surface area contributed by atoms with E-state index < -0.39 is 23.5 Å². The lowest BCUT2D eigenvalue weighted by atomic mass is 10.2. The van der Waals surface area contributed by atoms with Crippen molar-refractivity contribution in [2.75, 3.05) is 0 Å². The highest BCUT2D eigenvalue weighted by Gasteiger charge is 2.32. The molecule has 22 heavy (non-hydrogen) atoms. The van der Waals surface area contributed by atoms with Crippen LogP contribution in [0.25, 0.3) is 0 Å². The molecule has 2 aromatic carbocycles. The molecule has 2 rings (SSSR count). The topological polar surface area (TPSA) is 0 Å². The van der Waals surface area contributed by atoms with Crippen molar-refractivity contribution in [1.29, 1.82) is 0 Å². The molecule has 0 heterocycles. The number of halogens is 6. The van der Waals surface area contributed by atoms with Crippen LogP contribution in [-0.2, 0) is 12.4 Å². The highest BCUT2D eigenvalue weighted by molar-refractivity contribution is 7.80. The maximum atomic E-state index is 12.0. The van der Waals surface area contributed by atoms with Crippen LogP contribution in [0.5, 0.6) is 0 Å². The first-order valence-electron chi connectivity index (χ1n) is 5.74. The lowest BCUT2D eigenvalue weighted by molar-refractivity contribution is -0.140. The Bertz CT molecular complexity index is 564. The van der Waals surface area contributed by atoms with E-state index in [1.54, 1.807) is 0 Å². The fourth-order valence-electron chi connectivity index (χ4n) is 1.43. The van der Waals surface area contributed by atoms with Gasteiger partial charge in [-0.2, -0.15) is 26.3 Å². The number of hydrogen-bond acceptors (Lipinski definition) is 2. The third-order valence-electron chi connectivity index (χ3n) is 2.42. The first kappa shape index (κ1) is 18.8. The van der Waals surface area contributed by atoms with E-state index in [-0.39, 0.29) is 9.79 Å². The smallest absolute Gasteiger partial charge is 0.166 e. The lowest BCUT2D eigenvalue weighted by Crippen LogP contribution is -2.05. The molecule has 0 aliphatic heterocycles. The number of thiol groups is 2. The predicted molar refractivity (Wildman–Crippen MR) is 77.4 cm³/mol. The third kappa shape index (κ3) is 5.49. The van der Waals surface area contributed by atoms with E-state index in [1.165, 1.54) is 36.4 Å². The largest absolute Gasteiger partial charge is 0.417 e. The zero-order valence-electron chi connectivity index (χ0n) is 10.8. The second-order valence-electron chi connectivity index (χ2n) is 4.03. The van der Waals surface area contributed by atoms with Gasteiger partial charge in [0.2, 0.25) is 0 Å². The van der Waals surface area contributed by atoms with Gasteiger partial charge < -0.3 is 0 Å². The Kier molecular flexibility index (Phi) is 6.25. The molecule has 0 saturated heterocycles.